The molecule has 0 spiro atoms. The molecule has 2 N–H and O–H groups in total. The Bertz CT molecular complexity index is 608. The zero-order chi connectivity index (χ0) is 15.7. The molecule has 0 aliphatic carbocycles. The van der Waals surface area contributed by atoms with Crippen LogP contribution in [0.25, 0.3) is 0 Å². The zero-order valence-electron chi connectivity index (χ0n) is 10.5. The van der Waals surface area contributed by atoms with Gasteiger partial charge in [-0.05, 0) is 18.1 Å². The molecule has 0 saturated carbocycles. The van der Waals surface area contributed by atoms with Crippen molar-refractivity contribution in [1.82, 2.24) is 4.72 Å². The molecule has 5 nitrogen and oxygen atoms in total. The van der Waals surface area contributed by atoms with E-state index in [1.54, 1.807) is 13.8 Å². The van der Waals surface area contributed by atoms with Gasteiger partial charge in [-0.25, -0.2) is 8.42 Å². The van der Waals surface area contributed by atoms with Gasteiger partial charge in [0.2, 0.25) is 10.0 Å². The Kier molecular flexibility index (Phi) is 5.69. The molecule has 9 heteroatoms. The van der Waals surface area contributed by atoms with Gasteiger partial charge in [-0.3, -0.25) is 4.79 Å². The van der Waals surface area contributed by atoms with Gasteiger partial charge < -0.3 is 5.11 Å². The molecule has 112 valence electrons. The number of rotatable bonds is 5. The molecule has 0 aliphatic heterocycles. The molecule has 1 unspecified atom stereocenters. The number of sulfonamides is 1. The minimum absolute atomic E-state index is 0.178. The standard InChI is InChI=1S/C11H12Cl3NO4S/c1-5(2)9(11(16)17)15-20(18,19)10-7(13)3-6(12)4-8(10)14/h3-5,9,15H,1-2H3,(H,16,17). The van der Waals surface area contributed by atoms with E-state index in [1.807, 2.05) is 0 Å². The average molecular weight is 361 g/mol. The van der Waals surface area contributed by atoms with Crippen LogP contribution in [0.1, 0.15) is 13.8 Å². The van der Waals surface area contributed by atoms with Crippen molar-refractivity contribution in [2.45, 2.75) is 24.8 Å². The molecule has 20 heavy (non-hydrogen) atoms. The summed E-state index contributed by atoms with van der Waals surface area (Å²) in [5, 5.41) is 8.85. The van der Waals surface area contributed by atoms with E-state index >= 15 is 0 Å². The number of carboxylic acids is 1. The van der Waals surface area contributed by atoms with Gasteiger partial charge in [-0.2, -0.15) is 4.72 Å². The number of aliphatic carboxylic acids is 1. The number of hydrogen-bond acceptors (Lipinski definition) is 3. The molecule has 0 radical (unpaired) electrons. The van der Waals surface area contributed by atoms with E-state index in [4.69, 9.17) is 39.9 Å². The Balaban J connectivity index is 3.28. The highest BCUT2D eigenvalue weighted by molar-refractivity contribution is 7.89. The summed E-state index contributed by atoms with van der Waals surface area (Å²) in [6, 6.07) is 1.14. The number of hydrogen-bond donors (Lipinski definition) is 2. The lowest BCUT2D eigenvalue weighted by Gasteiger charge is -2.19. The lowest BCUT2D eigenvalue weighted by atomic mass is 10.1. The molecule has 1 aromatic carbocycles. The monoisotopic (exact) mass is 359 g/mol. The molecule has 1 aromatic rings. The number of halogens is 3. The van der Waals surface area contributed by atoms with Crippen LogP contribution in [0, 0.1) is 5.92 Å². The molecule has 1 rings (SSSR count). The van der Waals surface area contributed by atoms with Crippen molar-refractivity contribution < 1.29 is 18.3 Å². The van der Waals surface area contributed by atoms with Crippen molar-refractivity contribution in [2.75, 3.05) is 0 Å². The van der Waals surface area contributed by atoms with Crippen LogP contribution in [-0.4, -0.2) is 25.5 Å². The fourth-order valence-corrected chi connectivity index (χ4v) is 4.37. The lowest BCUT2D eigenvalue weighted by molar-refractivity contribution is -0.140. The predicted molar refractivity (Wildman–Crippen MR) is 78.1 cm³/mol. The van der Waals surface area contributed by atoms with Crippen LogP contribution in [0.2, 0.25) is 15.1 Å². The van der Waals surface area contributed by atoms with Gasteiger partial charge in [-0.1, -0.05) is 48.7 Å². The second-order valence-electron chi connectivity index (χ2n) is 4.38. The normalized spacial score (nSPS) is 13.5. The van der Waals surface area contributed by atoms with Gasteiger partial charge in [0.05, 0.1) is 10.0 Å². The summed E-state index contributed by atoms with van der Waals surface area (Å²) in [6.07, 6.45) is 0. The maximum Gasteiger partial charge on any atom is 0.322 e. The Labute approximate surface area is 131 Å². The second kappa shape index (κ2) is 6.49. The first-order valence-electron chi connectivity index (χ1n) is 5.46. The van der Waals surface area contributed by atoms with Gasteiger partial charge >= 0.3 is 5.97 Å². The fraction of sp³-hybridized carbons (Fsp3) is 0.364. The quantitative estimate of drug-likeness (QED) is 0.845. The molecule has 0 amide bonds. The van der Waals surface area contributed by atoms with Crippen LogP contribution in [0.15, 0.2) is 17.0 Å². The fourth-order valence-electron chi connectivity index (χ4n) is 1.48. The number of carboxylic acid groups (broad SMARTS) is 1. The average Bonchev–Trinajstić information content (AvgIpc) is 2.23. The maximum absolute atomic E-state index is 12.2. The molecule has 1 atom stereocenters. The van der Waals surface area contributed by atoms with Gasteiger partial charge in [-0.15, -0.1) is 0 Å². The van der Waals surface area contributed by atoms with Crippen LogP contribution in [0.4, 0.5) is 0 Å². The van der Waals surface area contributed by atoms with Crippen molar-refractivity contribution in [3.05, 3.63) is 27.2 Å². The SMILES string of the molecule is CC(C)C(NS(=O)(=O)c1c(Cl)cc(Cl)cc1Cl)C(=O)O. The zero-order valence-corrected chi connectivity index (χ0v) is 13.6. The van der Waals surface area contributed by atoms with E-state index in [2.05, 4.69) is 4.72 Å². The predicted octanol–water partition coefficient (Wildman–Crippen LogP) is 3.03. The topological polar surface area (TPSA) is 83.5 Å². The summed E-state index contributed by atoms with van der Waals surface area (Å²) >= 11 is 17.4. The summed E-state index contributed by atoms with van der Waals surface area (Å²) < 4.78 is 26.5. The van der Waals surface area contributed by atoms with Gasteiger partial charge in [0.15, 0.2) is 0 Å². The Morgan fingerprint density at radius 1 is 1.20 bits per heavy atom. The highest BCUT2D eigenvalue weighted by atomic mass is 35.5. The molecule has 0 aliphatic rings. The minimum atomic E-state index is -4.18. The van der Waals surface area contributed by atoms with Gasteiger partial charge in [0.1, 0.15) is 10.9 Å². The molecule has 0 bridgehead atoms. The second-order valence-corrected chi connectivity index (χ2v) is 7.28. The van der Waals surface area contributed by atoms with Crippen molar-refractivity contribution in [3.63, 3.8) is 0 Å². The van der Waals surface area contributed by atoms with Crippen LogP contribution < -0.4 is 4.72 Å². The Morgan fingerprint density at radius 3 is 2.00 bits per heavy atom. The van der Waals surface area contributed by atoms with Crippen molar-refractivity contribution in [3.8, 4) is 0 Å². The van der Waals surface area contributed by atoms with E-state index < -0.39 is 32.8 Å². The van der Waals surface area contributed by atoms with Crippen LogP contribution in [0.3, 0.4) is 0 Å². The number of benzene rings is 1. The summed E-state index contributed by atoms with van der Waals surface area (Å²) in [4.78, 5) is 10.7. The first-order chi connectivity index (χ1) is 9.06. The van der Waals surface area contributed by atoms with E-state index in [0.29, 0.717) is 0 Å². The number of carbonyl (C=O) groups is 1. The molecule has 0 aromatic heterocycles. The van der Waals surface area contributed by atoms with Crippen molar-refractivity contribution >= 4 is 50.8 Å². The van der Waals surface area contributed by atoms with Crippen molar-refractivity contribution in [2.24, 2.45) is 5.92 Å². The van der Waals surface area contributed by atoms with E-state index in [-0.39, 0.29) is 15.1 Å². The van der Waals surface area contributed by atoms with Crippen LogP contribution in [-0.2, 0) is 14.8 Å². The third-order valence-corrected chi connectivity index (χ3v) is 5.03. The van der Waals surface area contributed by atoms with E-state index in [1.165, 1.54) is 12.1 Å². The smallest absolute Gasteiger partial charge is 0.322 e. The third kappa shape index (κ3) is 3.99. The third-order valence-electron chi connectivity index (χ3n) is 2.45. The van der Waals surface area contributed by atoms with Crippen LogP contribution in [0.5, 0.6) is 0 Å². The molecule has 0 heterocycles. The first kappa shape index (κ1) is 17.5. The summed E-state index contributed by atoms with van der Waals surface area (Å²) in [5.41, 5.74) is 0. The first-order valence-corrected chi connectivity index (χ1v) is 8.07. The minimum Gasteiger partial charge on any atom is -0.480 e. The molecule has 0 fully saturated rings. The molecule has 0 saturated heterocycles. The molecular weight excluding hydrogens is 349 g/mol. The summed E-state index contributed by atoms with van der Waals surface area (Å²) in [6.45, 7) is 3.15. The van der Waals surface area contributed by atoms with Gasteiger partial charge in [0.25, 0.3) is 0 Å². The largest absolute Gasteiger partial charge is 0.480 e. The number of nitrogens with one attached hydrogen (secondary N) is 1. The maximum atomic E-state index is 12.2. The van der Waals surface area contributed by atoms with E-state index in [9.17, 15) is 13.2 Å². The van der Waals surface area contributed by atoms with Gasteiger partial charge in [0, 0.05) is 5.02 Å². The Hall–Kier alpha value is -0.530. The summed E-state index contributed by atoms with van der Waals surface area (Å²) in [7, 11) is -4.18. The Morgan fingerprint density at radius 2 is 1.65 bits per heavy atom. The van der Waals surface area contributed by atoms with Crippen molar-refractivity contribution in [1.29, 1.82) is 0 Å². The van der Waals surface area contributed by atoms with Crippen LogP contribution >= 0.6 is 34.8 Å². The summed E-state index contributed by atoms with van der Waals surface area (Å²) in [5.74, 6) is -1.74. The molecular formula is C11H12Cl3NO4S. The highest BCUT2D eigenvalue weighted by Crippen LogP contribution is 2.32. The van der Waals surface area contributed by atoms with E-state index in [0.717, 1.165) is 0 Å². The highest BCUT2D eigenvalue weighted by Gasteiger charge is 2.30. The lowest BCUT2D eigenvalue weighted by Crippen LogP contribution is -2.44.